The normalized spacial score (nSPS) is 13.2. The van der Waals surface area contributed by atoms with E-state index in [0.717, 1.165) is 11.1 Å². The molecule has 1 atom stereocenters. The van der Waals surface area contributed by atoms with Gasteiger partial charge in [0.25, 0.3) is 0 Å². The molecule has 0 fully saturated rings. The number of nitrogens with zero attached hydrogens (tertiary/aromatic N) is 1. The summed E-state index contributed by atoms with van der Waals surface area (Å²) in [7, 11) is 3.23. The molecule has 0 saturated carbocycles. The van der Waals surface area contributed by atoms with Crippen LogP contribution in [0, 0.1) is 6.92 Å². The number of ether oxygens (including phenoxy) is 1. The first-order chi connectivity index (χ1) is 9.86. The van der Waals surface area contributed by atoms with E-state index in [0.29, 0.717) is 22.0 Å². The highest BCUT2D eigenvalue weighted by Crippen LogP contribution is 2.38. The summed E-state index contributed by atoms with van der Waals surface area (Å²) in [6, 6.07) is 5.20. The minimum absolute atomic E-state index is 0.394. The second-order valence-electron chi connectivity index (χ2n) is 4.53. The first-order valence-corrected chi connectivity index (χ1v) is 7.03. The Morgan fingerprint density at radius 3 is 2.57 bits per heavy atom. The van der Waals surface area contributed by atoms with Gasteiger partial charge in [0.15, 0.2) is 5.01 Å². The predicted molar refractivity (Wildman–Crippen MR) is 75.7 cm³/mol. The van der Waals surface area contributed by atoms with Gasteiger partial charge < -0.3 is 10.1 Å². The molecule has 0 aliphatic rings. The second kappa shape index (κ2) is 6.03. The number of hydrogen-bond donors (Lipinski definition) is 1. The molecule has 0 spiro atoms. The zero-order valence-corrected chi connectivity index (χ0v) is 12.6. The van der Waals surface area contributed by atoms with Gasteiger partial charge in [0.1, 0.15) is 5.75 Å². The Hall–Kier alpha value is -1.60. The van der Waals surface area contributed by atoms with Crippen LogP contribution in [0.1, 0.15) is 27.1 Å². The van der Waals surface area contributed by atoms with E-state index in [-0.39, 0.29) is 0 Å². The van der Waals surface area contributed by atoms with E-state index >= 15 is 0 Å². The first-order valence-electron chi connectivity index (χ1n) is 6.21. The van der Waals surface area contributed by atoms with Crippen LogP contribution in [0.5, 0.6) is 5.75 Å². The van der Waals surface area contributed by atoms with Crippen molar-refractivity contribution < 1.29 is 17.9 Å². The van der Waals surface area contributed by atoms with E-state index in [1.807, 2.05) is 25.1 Å². The molecule has 0 saturated heterocycles. The summed E-state index contributed by atoms with van der Waals surface area (Å²) in [5.74, 6) is 0.635. The molecule has 1 heterocycles. The van der Waals surface area contributed by atoms with Crippen LogP contribution in [-0.4, -0.2) is 19.1 Å². The third-order valence-electron chi connectivity index (χ3n) is 3.04. The lowest BCUT2D eigenvalue weighted by Gasteiger charge is -2.18. The number of halogens is 3. The van der Waals surface area contributed by atoms with Crippen molar-refractivity contribution in [2.45, 2.75) is 19.1 Å². The molecule has 3 nitrogen and oxygen atoms in total. The summed E-state index contributed by atoms with van der Waals surface area (Å²) in [4.78, 5) is 3.96. The minimum Gasteiger partial charge on any atom is -0.496 e. The van der Waals surface area contributed by atoms with Crippen molar-refractivity contribution >= 4 is 11.3 Å². The number of aryl methyl sites for hydroxylation is 1. The van der Waals surface area contributed by atoms with Gasteiger partial charge in [0, 0.05) is 16.6 Å². The lowest BCUT2D eigenvalue weighted by Crippen LogP contribution is -2.17. The average Bonchev–Trinajstić information content (AvgIpc) is 2.90. The van der Waals surface area contributed by atoms with Crippen molar-refractivity contribution in [3.8, 4) is 5.75 Å². The van der Waals surface area contributed by atoms with E-state index in [9.17, 15) is 13.2 Å². The Bertz CT molecular complexity index is 625. The number of hydrogen-bond acceptors (Lipinski definition) is 4. The molecular weight excluding hydrogens is 301 g/mol. The molecule has 0 bridgehead atoms. The van der Waals surface area contributed by atoms with Gasteiger partial charge in [-0.05, 0) is 25.6 Å². The molecule has 2 aromatic rings. The Balaban J connectivity index is 2.42. The summed E-state index contributed by atoms with van der Waals surface area (Å²) in [6.45, 7) is 1.93. The number of methoxy groups -OCH3 is 1. The number of rotatable bonds is 4. The van der Waals surface area contributed by atoms with Crippen molar-refractivity contribution in [2.24, 2.45) is 0 Å². The van der Waals surface area contributed by atoms with Crippen LogP contribution in [0.4, 0.5) is 13.2 Å². The molecule has 1 aromatic carbocycles. The quantitative estimate of drug-likeness (QED) is 0.932. The van der Waals surface area contributed by atoms with Gasteiger partial charge in [0.05, 0.1) is 13.2 Å². The Morgan fingerprint density at radius 1 is 1.33 bits per heavy atom. The van der Waals surface area contributed by atoms with Gasteiger partial charge in [-0.15, -0.1) is 11.3 Å². The number of benzene rings is 1. The van der Waals surface area contributed by atoms with Crippen molar-refractivity contribution in [3.63, 3.8) is 0 Å². The van der Waals surface area contributed by atoms with Gasteiger partial charge in [-0.25, -0.2) is 4.98 Å². The van der Waals surface area contributed by atoms with Crippen LogP contribution >= 0.6 is 11.3 Å². The summed E-state index contributed by atoms with van der Waals surface area (Å²) >= 11 is 0.637. The number of aromatic nitrogens is 1. The Morgan fingerprint density at radius 2 is 2.05 bits per heavy atom. The van der Waals surface area contributed by atoms with Crippen LogP contribution in [0.25, 0.3) is 0 Å². The highest BCUT2D eigenvalue weighted by molar-refractivity contribution is 7.11. The highest BCUT2D eigenvalue weighted by atomic mass is 32.1. The van der Waals surface area contributed by atoms with Crippen LogP contribution in [0.3, 0.4) is 0 Å². The molecule has 0 aliphatic heterocycles. The minimum atomic E-state index is -4.42. The van der Waals surface area contributed by atoms with Gasteiger partial charge >= 0.3 is 6.18 Å². The standard InChI is InChI=1S/C14H15F3N2OS/c1-8-4-5-9(10(6-8)20-3)12(18-2)11-7-19-13(21-11)14(15,16)17/h4-7,12,18H,1-3H3. The highest BCUT2D eigenvalue weighted by Gasteiger charge is 2.35. The topological polar surface area (TPSA) is 34.2 Å². The third kappa shape index (κ3) is 3.36. The lowest BCUT2D eigenvalue weighted by molar-refractivity contribution is -0.137. The monoisotopic (exact) mass is 316 g/mol. The van der Waals surface area contributed by atoms with Gasteiger partial charge in [-0.2, -0.15) is 13.2 Å². The summed E-state index contributed by atoms with van der Waals surface area (Å²) < 4.78 is 43.3. The van der Waals surface area contributed by atoms with E-state index < -0.39 is 17.2 Å². The summed E-state index contributed by atoms with van der Waals surface area (Å²) in [6.07, 6.45) is -3.16. The van der Waals surface area contributed by atoms with E-state index in [4.69, 9.17) is 4.74 Å². The van der Waals surface area contributed by atoms with Crippen molar-refractivity contribution in [3.05, 3.63) is 45.4 Å². The average molecular weight is 316 g/mol. The summed E-state index contributed by atoms with van der Waals surface area (Å²) in [5.41, 5.74) is 1.80. The molecule has 1 N–H and O–H groups in total. The van der Waals surface area contributed by atoms with Gasteiger partial charge in [-0.1, -0.05) is 12.1 Å². The molecule has 21 heavy (non-hydrogen) atoms. The SMILES string of the molecule is CNC(c1cnc(C(F)(F)F)s1)c1ccc(C)cc1OC. The second-order valence-corrected chi connectivity index (χ2v) is 5.59. The molecule has 1 unspecified atom stereocenters. The summed E-state index contributed by atoms with van der Waals surface area (Å²) in [5, 5.41) is 2.17. The van der Waals surface area contributed by atoms with Crippen molar-refractivity contribution in [1.82, 2.24) is 10.3 Å². The fourth-order valence-electron chi connectivity index (χ4n) is 2.06. The maximum atomic E-state index is 12.7. The number of nitrogens with one attached hydrogen (secondary N) is 1. The maximum absolute atomic E-state index is 12.7. The maximum Gasteiger partial charge on any atom is 0.443 e. The Labute approximate surface area is 124 Å². The molecular formula is C14H15F3N2OS. The molecule has 7 heteroatoms. The lowest BCUT2D eigenvalue weighted by atomic mass is 10.0. The third-order valence-corrected chi connectivity index (χ3v) is 4.15. The van der Waals surface area contributed by atoms with Crippen molar-refractivity contribution in [1.29, 1.82) is 0 Å². The Kier molecular flexibility index (Phi) is 4.53. The van der Waals surface area contributed by atoms with Gasteiger partial charge in [0.2, 0.25) is 0 Å². The molecule has 0 aliphatic carbocycles. The van der Waals surface area contributed by atoms with E-state index in [1.54, 1.807) is 14.2 Å². The van der Waals surface area contributed by atoms with Gasteiger partial charge in [-0.3, -0.25) is 0 Å². The molecule has 1 aromatic heterocycles. The van der Waals surface area contributed by atoms with E-state index in [1.165, 1.54) is 6.20 Å². The fraction of sp³-hybridized carbons (Fsp3) is 0.357. The van der Waals surface area contributed by atoms with Crippen LogP contribution in [0.15, 0.2) is 24.4 Å². The fourth-order valence-corrected chi connectivity index (χ4v) is 2.97. The largest absolute Gasteiger partial charge is 0.496 e. The van der Waals surface area contributed by atoms with Crippen molar-refractivity contribution in [2.75, 3.05) is 14.2 Å². The molecule has 114 valence electrons. The molecule has 0 radical (unpaired) electrons. The van der Waals surface area contributed by atoms with Crippen LogP contribution in [0.2, 0.25) is 0 Å². The molecule has 2 rings (SSSR count). The first kappa shape index (κ1) is 15.8. The molecule has 0 amide bonds. The smallest absolute Gasteiger partial charge is 0.443 e. The zero-order valence-electron chi connectivity index (χ0n) is 11.8. The number of alkyl halides is 3. The predicted octanol–water partition coefficient (Wildman–Crippen LogP) is 3.79. The number of thiazole rings is 1. The van der Waals surface area contributed by atoms with Crippen LogP contribution in [-0.2, 0) is 6.18 Å². The van der Waals surface area contributed by atoms with E-state index in [2.05, 4.69) is 10.3 Å². The zero-order chi connectivity index (χ0) is 15.6. The van der Waals surface area contributed by atoms with Crippen LogP contribution < -0.4 is 10.1 Å².